The van der Waals surface area contributed by atoms with Gasteiger partial charge in [0, 0.05) is 12.2 Å². The molecule has 0 heterocycles. The van der Waals surface area contributed by atoms with Crippen LogP contribution >= 0.6 is 24.4 Å². The number of carboxylic acid groups (broad SMARTS) is 1. The Hall–Kier alpha value is -0.360. The summed E-state index contributed by atoms with van der Waals surface area (Å²) in [7, 11) is 0. The van der Waals surface area contributed by atoms with E-state index in [2.05, 4.69) is 12.6 Å². The van der Waals surface area contributed by atoms with Crippen LogP contribution in [0.2, 0.25) is 0 Å². The van der Waals surface area contributed by atoms with E-state index in [0.29, 0.717) is 23.2 Å². The van der Waals surface area contributed by atoms with E-state index in [0.717, 1.165) is 0 Å². The molecule has 1 N–H and O–H groups in total. The van der Waals surface area contributed by atoms with Crippen LogP contribution in [0.15, 0.2) is 0 Å². The van der Waals surface area contributed by atoms with Gasteiger partial charge in [0.05, 0.1) is 5.92 Å². The van der Waals surface area contributed by atoms with Crippen molar-refractivity contribution in [3.05, 3.63) is 0 Å². The normalized spacial score (nSPS) is 14.4. The van der Waals surface area contributed by atoms with Crippen LogP contribution in [0.3, 0.4) is 0 Å². The predicted octanol–water partition coefficient (Wildman–Crippen LogP) is 2.08. The Labute approximate surface area is 112 Å². The van der Waals surface area contributed by atoms with Gasteiger partial charge in [-0.2, -0.15) is 24.4 Å². The van der Waals surface area contributed by atoms with Gasteiger partial charge in [0.2, 0.25) is 0 Å². The van der Waals surface area contributed by atoms with Gasteiger partial charge in [0.15, 0.2) is 6.10 Å². The second kappa shape index (κ2) is 8.69. The average Bonchev–Trinajstić information content (AvgIpc) is 2.25. The van der Waals surface area contributed by atoms with E-state index < -0.39 is 18.0 Å². The Morgan fingerprint density at radius 1 is 1.35 bits per heavy atom. The molecule has 0 bridgehead atoms. The number of thioether (sulfide) groups is 1. The summed E-state index contributed by atoms with van der Waals surface area (Å²) >= 11 is 5.62. The fraction of sp³-hybridized carbons (Fsp3) is 0.818. The van der Waals surface area contributed by atoms with Gasteiger partial charge >= 0.3 is 11.9 Å². The minimum Gasteiger partial charge on any atom is -0.479 e. The first kappa shape index (κ1) is 16.6. The molecule has 0 aromatic rings. The van der Waals surface area contributed by atoms with Gasteiger partial charge in [0.25, 0.3) is 0 Å². The summed E-state index contributed by atoms with van der Waals surface area (Å²) in [5, 5.41) is 9.38. The lowest BCUT2D eigenvalue weighted by molar-refractivity contribution is -0.166. The molecule has 0 saturated carbocycles. The van der Waals surface area contributed by atoms with Crippen LogP contribution in [0.1, 0.15) is 27.2 Å². The van der Waals surface area contributed by atoms with Gasteiger partial charge in [-0.05, 0) is 11.0 Å². The first-order chi connectivity index (χ1) is 7.88. The van der Waals surface area contributed by atoms with E-state index in [1.54, 1.807) is 18.7 Å². The molecule has 100 valence electrons. The third-order valence-electron chi connectivity index (χ3n) is 2.04. The monoisotopic (exact) mass is 280 g/mol. The summed E-state index contributed by atoms with van der Waals surface area (Å²) in [6.07, 6.45) is -0.709. The van der Waals surface area contributed by atoms with Crippen molar-refractivity contribution >= 4 is 36.3 Å². The van der Waals surface area contributed by atoms with Crippen molar-refractivity contribution in [3.8, 4) is 0 Å². The fourth-order valence-corrected chi connectivity index (χ4v) is 1.95. The maximum absolute atomic E-state index is 11.4. The summed E-state index contributed by atoms with van der Waals surface area (Å²) in [5.74, 6) is -0.947. The van der Waals surface area contributed by atoms with Gasteiger partial charge in [0.1, 0.15) is 0 Å². The van der Waals surface area contributed by atoms with Crippen LogP contribution < -0.4 is 0 Å². The van der Waals surface area contributed by atoms with E-state index >= 15 is 0 Å². The highest BCUT2D eigenvalue weighted by atomic mass is 32.2. The lowest BCUT2D eigenvalue weighted by Crippen LogP contribution is -2.30. The number of carbonyl (C=O) groups excluding carboxylic acids is 1. The molecule has 0 aliphatic heterocycles. The van der Waals surface area contributed by atoms with Crippen molar-refractivity contribution in [2.24, 2.45) is 5.92 Å². The Morgan fingerprint density at radius 2 is 1.94 bits per heavy atom. The largest absolute Gasteiger partial charge is 0.479 e. The number of thiol groups is 1. The smallest absolute Gasteiger partial charge is 0.345 e. The van der Waals surface area contributed by atoms with Crippen molar-refractivity contribution < 1.29 is 19.4 Å². The van der Waals surface area contributed by atoms with Crippen molar-refractivity contribution in [1.29, 1.82) is 0 Å². The van der Waals surface area contributed by atoms with Gasteiger partial charge in [-0.25, -0.2) is 4.79 Å². The number of carboxylic acids is 1. The molecule has 0 rings (SSSR count). The third-order valence-corrected chi connectivity index (χ3v) is 3.73. The molecule has 2 atom stereocenters. The van der Waals surface area contributed by atoms with E-state index in [-0.39, 0.29) is 5.92 Å². The maximum Gasteiger partial charge on any atom is 0.345 e. The quantitative estimate of drug-likeness (QED) is 0.526. The van der Waals surface area contributed by atoms with Crippen LogP contribution in [0, 0.1) is 5.92 Å². The molecule has 0 aromatic carbocycles. The summed E-state index contributed by atoms with van der Waals surface area (Å²) in [6.45, 7) is 5.74. The second-order valence-electron chi connectivity index (χ2n) is 4.06. The second-order valence-corrected chi connectivity index (χ2v) is 6.11. The summed E-state index contributed by atoms with van der Waals surface area (Å²) < 4.78 is 4.95. The van der Waals surface area contributed by atoms with Gasteiger partial charge in [-0.15, -0.1) is 0 Å². The number of ether oxygens (including phenoxy) is 1. The number of rotatable bonds is 8. The molecule has 0 aliphatic rings. The molecule has 0 spiro atoms. The van der Waals surface area contributed by atoms with E-state index in [1.165, 1.54) is 0 Å². The lowest BCUT2D eigenvalue weighted by atomic mass is 10.2. The Kier molecular flexibility index (Phi) is 8.51. The lowest BCUT2D eigenvalue weighted by Gasteiger charge is -2.16. The molecule has 17 heavy (non-hydrogen) atoms. The summed E-state index contributed by atoms with van der Waals surface area (Å²) in [6, 6.07) is 0. The number of hydrogen-bond donors (Lipinski definition) is 2. The predicted molar refractivity (Wildman–Crippen MR) is 72.7 cm³/mol. The van der Waals surface area contributed by atoms with Crippen molar-refractivity contribution in [2.45, 2.75) is 38.5 Å². The SMILES string of the molecule is CC(C)SCCC(OC(=O)[C@H](C)CS)C(=O)O. The third kappa shape index (κ3) is 7.54. The van der Waals surface area contributed by atoms with E-state index in [1.807, 2.05) is 13.8 Å². The van der Waals surface area contributed by atoms with Crippen LogP contribution in [0.5, 0.6) is 0 Å². The zero-order chi connectivity index (χ0) is 13.4. The first-order valence-corrected chi connectivity index (χ1v) is 7.22. The highest BCUT2D eigenvalue weighted by molar-refractivity contribution is 7.99. The molecular formula is C11H20O4S2. The first-order valence-electron chi connectivity index (χ1n) is 5.54. The van der Waals surface area contributed by atoms with Crippen LogP contribution in [-0.2, 0) is 14.3 Å². The topological polar surface area (TPSA) is 63.6 Å². The number of esters is 1. The molecule has 0 amide bonds. The minimum absolute atomic E-state index is 0.337. The molecule has 0 radical (unpaired) electrons. The summed E-state index contributed by atoms with van der Waals surface area (Å²) in [4.78, 5) is 22.4. The van der Waals surface area contributed by atoms with Crippen LogP contribution in [-0.4, -0.2) is 39.9 Å². The highest BCUT2D eigenvalue weighted by Crippen LogP contribution is 2.14. The van der Waals surface area contributed by atoms with E-state index in [9.17, 15) is 9.59 Å². The Morgan fingerprint density at radius 3 is 2.35 bits per heavy atom. The van der Waals surface area contributed by atoms with Crippen molar-refractivity contribution in [3.63, 3.8) is 0 Å². The van der Waals surface area contributed by atoms with Gasteiger partial charge in [-0.1, -0.05) is 20.8 Å². The highest BCUT2D eigenvalue weighted by Gasteiger charge is 2.24. The number of carbonyl (C=O) groups is 2. The molecular weight excluding hydrogens is 260 g/mol. The van der Waals surface area contributed by atoms with Crippen LogP contribution in [0.25, 0.3) is 0 Å². The van der Waals surface area contributed by atoms with Crippen LogP contribution in [0.4, 0.5) is 0 Å². The molecule has 0 saturated heterocycles. The number of aliphatic carboxylic acids is 1. The number of hydrogen-bond acceptors (Lipinski definition) is 5. The molecule has 0 aliphatic carbocycles. The van der Waals surface area contributed by atoms with Crippen molar-refractivity contribution in [1.82, 2.24) is 0 Å². The van der Waals surface area contributed by atoms with Gasteiger partial charge in [-0.3, -0.25) is 4.79 Å². The van der Waals surface area contributed by atoms with E-state index in [4.69, 9.17) is 9.84 Å². The fourth-order valence-electron chi connectivity index (χ4n) is 0.974. The molecule has 0 aromatic heterocycles. The average molecular weight is 280 g/mol. The zero-order valence-corrected chi connectivity index (χ0v) is 12.1. The Bertz CT molecular complexity index is 256. The van der Waals surface area contributed by atoms with Gasteiger partial charge < -0.3 is 9.84 Å². The minimum atomic E-state index is -1.09. The summed E-state index contributed by atoms with van der Waals surface area (Å²) in [5.41, 5.74) is 0. The zero-order valence-electron chi connectivity index (χ0n) is 10.4. The standard InChI is InChI=1S/C11H20O4S2/c1-7(2)17-5-4-9(10(12)13)15-11(14)8(3)6-16/h7-9,16H,4-6H2,1-3H3,(H,12,13)/t8-,9?/m1/s1. The molecule has 6 heteroatoms. The van der Waals surface area contributed by atoms with Crippen molar-refractivity contribution in [2.75, 3.05) is 11.5 Å². The molecule has 4 nitrogen and oxygen atoms in total. The maximum atomic E-state index is 11.4. The molecule has 0 fully saturated rings. The molecule has 1 unspecified atom stereocenters. The Balaban J connectivity index is 4.16.